The van der Waals surface area contributed by atoms with E-state index in [2.05, 4.69) is 23.5 Å². The molecule has 1 aromatic heterocycles. The third-order valence-electron chi connectivity index (χ3n) is 2.91. The largest absolute Gasteiger partial charge is 0.496 e. The Morgan fingerprint density at radius 2 is 2.11 bits per heavy atom. The molecular weight excluding hydrogens is 258 g/mol. The van der Waals surface area contributed by atoms with Crippen molar-refractivity contribution in [1.82, 2.24) is 5.32 Å². The summed E-state index contributed by atoms with van der Waals surface area (Å²) in [5.41, 5.74) is 1.19. The van der Waals surface area contributed by atoms with Gasteiger partial charge >= 0.3 is 0 Å². The normalized spacial score (nSPS) is 12.2. The van der Waals surface area contributed by atoms with E-state index < -0.39 is 0 Å². The van der Waals surface area contributed by atoms with Crippen LogP contribution < -0.4 is 14.8 Å². The van der Waals surface area contributed by atoms with E-state index in [0.717, 1.165) is 11.5 Å². The van der Waals surface area contributed by atoms with Crippen LogP contribution in [-0.2, 0) is 0 Å². The van der Waals surface area contributed by atoms with Crippen LogP contribution in [0, 0.1) is 0 Å². The second-order valence-electron chi connectivity index (χ2n) is 4.12. The van der Waals surface area contributed by atoms with E-state index in [1.165, 1.54) is 10.4 Å². The summed E-state index contributed by atoms with van der Waals surface area (Å²) in [4.78, 5) is 1.23. The van der Waals surface area contributed by atoms with Crippen molar-refractivity contribution < 1.29 is 9.47 Å². The summed E-state index contributed by atoms with van der Waals surface area (Å²) in [6.45, 7) is 2.67. The van der Waals surface area contributed by atoms with Crippen LogP contribution in [0.3, 0.4) is 0 Å². The highest BCUT2D eigenvalue weighted by Crippen LogP contribution is 2.32. The molecule has 1 atom stereocenters. The van der Waals surface area contributed by atoms with Crippen molar-refractivity contribution in [3.05, 3.63) is 46.2 Å². The van der Waals surface area contributed by atoms with Crippen molar-refractivity contribution >= 4 is 11.3 Å². The van der Waals surface area contributed by atoms with Crippen LogP contribution in [-0.4, -0.2) is 20.8 Å². The zero-order chi connectivity index (χ0) is 13.7. The molecule has 4 heteroatoms. The predicted octanol–water partition coefficient (Wildman–Crippen LogP) is 3.46. The van der Waals surface area contributed by atoms with Gasteiger partial charge in [0.25, 0.3) is 0 Å². The average molecular weight is 277 g/mol. The Morgan fingerprint density at radius 1 is 1.26 bits per heavy atom. The molecule has 0 bridgehead atoms. The number of nitrogens with one attached hydrogen (secondary N) is 1. The number of benzene rings is 1. The van der Waals surface area contributed by atoms with Gasteiger partial charge in [-0.2, -0.15) is 0 Å². The van der Waals surface area contributed by atoms with E-state index >= 15 is 0 Å². The predicted molar refractivity (Wildman–Crippen MR) is 79.4 cm³/mol. The third-order valence-corrected chi connectivity index (χ3v) is 3.88. The first-order chi connectivity index (χ1) is 9.28. The van der Waals surface area contributed by atoms with Crippen LogP contribution in [0.25, 0.3) is 0 Å². The number of thiophene rings is 1. The number of hydrogen-bond acceptors (Lipinski definition) is 4. The average Bonchev–Trinajstić information content (AvgIpc) is 2.89. The second-order valence-corrected chi connectivity index (χ2v) is 5.06. The minimum Gasteiger partial charge on any atom is -0.496 e. The molecule has 0 saturated carbocycles. The van der Waals surface area contributed by atoms with Gasteiger partial charge in [-0.1, -0.05) is 12.1 Å². The van der Waals surface area contributed by atoms with E-state index in [-0.39, 0.29) is 6.04 Å². The van der Waals surface area contributed by atoms with E-state index in [1.807, 2.05) is 31.5 Å². The Kier molecular flexibility index (Phi) is 4.82. The fourth-order valence-electron chi connectivity index (χ4n) is 2.02. The highest BCUT2D eigenvalue weighted by Gasteiger charge is 2.15. The summed E-state index contributed by atoms with van der Waals surface area (Å²) in [6.07, 6.45) is 0. The van der Waals surface area contributed by atoms with Gasteiger partial charge in [0.05, 0.1) is 19.8 Å². The summed E-state index contributed by atoms with van der Waals surface area (Å²) in [5.74, 6) is 1.81. The summed E-state index contributed by atoms with van der Waals surface area (Å²) in [5, 5.41) is 5.36. The molecule has 0 saturated heterocycles. The maximum absolute atomic E-state index is 5.55. The van der Waals surface area contributed by atoms with Gasteiger partial charge in [0.15, 0.2) is 0 Å². The number of methoxy groups -OCH3 is 1. The van der Waals surface area contributed by atoms with Crippen LogP contribution in [0.15, 0.2) is 35.7 Å². The van der Waals surface area contributed by atoms with Gasteiger partial charge < -0.3 is 14.8 Å². The quantitative estimate of drug-likeness (QED) is 0.877. The molecule has 0 aliphatic rings. The molecular formula is C15H19NO2S. The maximum Gasteiger partial charge on any atom is 0.129 e. The first-order valence-corrected chi connectivity index (χ1v) is 7.19. The van der Waals surface area contributed by atoms with Gasteiger partial charge in [-0.15, -0.1) is 11.3 Å². The third kappa shape index (κ3) is 3.28. The van der Waals surface area contributed by atoms with Gasteiger partial charge in [-0.05, 0) is 37.7 Å². The van der Waals surface area contributed by atoms with Crippen LogP contribution in [0.1, 0.15) is 23.4 Å². The van der Waals surface area contributed by atoms with Gasteiger partial charge in [-0.25, -0.2) is 0 Å². The van der Waals surface area contributed by atoms with E-state index in [0.29, 0.717) is 6.61 Å². The Balaban J connectivity index is 2.28. The van der Waals surface area contributed by atoms with Gasteiger partial charge in [0.2, 0.25) is 0 Å². The lowest BCUT2D eigenvalue weighted by atomic mass is 10.1. The van der Waals surface area contributed by atoms with E-state index in [4.69, 9.17) is 9.47 Å². The topological polar surface area (TPSA) is 30.5 Å². The molecule has 1 aromatic carbocycles. The van der Waals surface area contributed by atoms with Crippen LogP contribution in [0.5, 0.6) is 11.5 Å². The van der Waals surface area contributed by atoms with Gasteiger partial charge in [-0.3, -0.25) is 0 Å². The molecule has 1 heterocycles. The van der Waals surface area contributed by atoms with Crippen molar-refractivity contribution in [3.63, 3.8) is 0 Å². The molecule has 0 amide bonds. The van der Waals surface area contributed by atoms with Crippen molar-refractivity contribution in [3.8, 4) is 11.5 Å². The SMILES string of the molecule is CCOc1cccc(C(NC)c2cc(OC)cs2)c1. The molecule has 0 spiro atoms. The first-order valence-electron chi connectivity index (χ1n) is 6.31. The zero-order valence-electron chi connectivity index (χ0n) is 11.5. The molecule has 19 heavy (non-hydrogen) atoms. The van der Waals surface area contributed by atoms with Crippen LogP contribution in [0.2, 0.25) is 0 Å². The van der Waals surface area contributed by atoms with Crippen LogP contribution in [0.4, 0.5) is 0 Å². The Hall–Kier alpha value is -1.52. The van der Waals surface area contributed by atoms with Crippen molar-refractivity contribution in [2.24, 2.45) is 0 Å². The molecule has 1 N–H and O–H groups in total. The van der Waals surface area contributed by atoms with Crippen LogP contribution >= 0.6 is 11.3 Å². The maximum atomic E-state index is 5.55. The Labute approximate surface area is 118 Å². The molecule has 2 rings (SSSR count). The van der Waals surface area contributed by atoms with Gasteiger partial charge in [0.1, 0.15) is 11.5 Å². The second kappa shape index (κ2) is 6.59. The highest BCUT2D eigenvalue weighted by atomic mass is 32.1. The standard InChI is InChI=1S/C15H19NO2S/c1-4-18-12-7-5-6-11(8-12)15(16-2)14-9-13(17-3)10-19-14/h5-10,15-16H,4H2,1-3H3. The van der Waals surface area contributed by atoms with Crippen molar-refractivity contribution in [2.45, 2.75) is 13.0 Å². The zero-order valence-corrected chi connectivity index (χ0v) is 12.3. The molecule has 1 unspecified atom stereocenters. The fraction of sp³-hybridized carbons (Fsp3) is 0.333. The summed E-state index contributed by atoms with van der Waals surface area (Å²) < 4.78 is 10.8. The number of rotatable bonds is 6. The molecule has 102 valence electrons. The lowest BCUT2D eigenvalue weighted by Gasteiger charge is -2.16. The molecule has 0 aliphatic heterocycles. The summed E-state index contributed by atoms with van der Waals surface area (Å²) in [7, 11) is 3.65. The smallest absolute Gasteiger partial charge is 0.129 e. The number of hydrogen-bond donors (Lipinski definition) is 1. The minimum atomic E-state index is 0.161. The van der Waals surface area contributed by atoms with Crippen molar-refractivity contribution in [1.29, 1.82) is 0 Å². The van der Waals surface area contributed by atoms with Crippen molar-refractivity contribution in [2.75, 3.05) is 20.8 Å². The van der Waals surface area contributed by atoms with E-state index in [9.17, 15) is 0 Å². The molecule has 2 aromatic rings. The van der Waals surface area contributed by atoms with Gasteiger partial charge in [0, 0.05) is 10.3 Å². The lowest BCUT2D eigenvalue weighted by molar-refractivity contribution is 0.339. The molecule has 0 fully saturated rings. The summed E-state index contributed by atoms with van der Waals surface area (Å²) in [6, 6.07) is 10.4. The molecule has 0 aliphatic carbocycles. The first kappa shape index (κ1) is 13.9. The molecule has 0 radical (unpaired) electrons. The minimum absolute atomic E-state index is 0.161. The lowest BCUT2D eigenvalue weighted by Crippen LogP contribution is -2.16. The fourth-order valence-corrected chi connectivity index (χ4v) is 3.01. The Bertz CT molecular complexity index is 524. The van der Waals surface area contributed by atoms with E-state index in [1.54, 1.807) is 18.4 Å². The number of ether oxygens (including phenoxy) is 2. The monoisotopic (exact) mass is 277 g/mol. The Morgan fingerprint density at radius 3 is 2.74 bits per heavy atom. The summed E-state index contributed by atoms with van der Waals surface area (Å²) >= 11 is 1.69. The highest BCUT2D eigenvalue weighted by molar-refractivity contribution is 7.10. The molecule has 3 nitrogen and oxygen atoms in total.